The van der Waals surface area contributed by atoms with Crippen LogP contribution in [0.3, 0.4) is 0 Å². The number of hydrogen-bond donors (Lipinski definition) is 1. The van der Waals surface area contributed by atoms with E-state index in [0.717, 1.165) is 11.4 Å². The van der Waals surface area contributed by atoms with Crippen LogP contribution in [0.15, 0.2) is 30.6 Å². The summed E-state index contributed by atoms with van der Waals surface area (Å²) in [6, 6.07) is 7.44. The summed E-state index contributed by atoms with van der Waals surface area (Å²) in [4.78, 5) is 0. The van der Waals surface area contributed by atoms with Crippen molar-refractivity contribution in [2.75, 3.05) is 19.0 Å². The van der Waals surface area contributed by atoms with Gasteiger partial charge >= 0.3 is 0 Å². The molecular weight excluding hydrogens is 230 g/mol. The van der Waals surface area contributed by atoms with Crippen LogP contribution in [-0.2, 0) is 6.54 Å². The lowest BCUT2D eigenvalue weighted by atomic mass is 10.2. The zero-order valence-corrected chi connectivity index (χ0v) is 10.00. The monoisotopic (exact) mass is 243 g/mol. The molecule has 0 saturated heterocycles. The molecule has 0 spiro atoms. The van der Waals surface area contributed by atoms with Crippen molar-refractivity contribution in [3.63, 3.8) is 0 Å². The Morgan fingerprint density at radius 2 is 2.39 bits per heavy atom. The molecule has 6 heteroatoms. The highest BCUT2D eigenvalue weighted by molar-refractivity contribution is 5.60. The van der Waals surface area contributed by atoms with E-state index in [1.54, 1.807) is 42.4 Å². The van der Waals surface area contributed by atoms with Crippen molar-refractivity contribution in [3.8, 4) is 11.8 Å². The molecule has 6 nitrogen and oxygen atoms in total. The summed E-state index contributed by atoms with van der Waals surface area (Å²) in [5, 5.41) is 19.8. The fourth-order valence-corrected chi connectivity index (χ4v) is 1.55. The first-order chi connectivity index (χ1) is 8.83. The molecule has 0 fully saturated rings. The molecule has 0 aliphatic heterocycles. The average Bonchev–Trinajstić information content (AvgIpc) is 2.92. The molecule has 2 aromatic rings. The molecule has 1 N–H and O–H groups in total. The molecule has 0 saturated carbocycles. The Morgan fingerprint density at radius 1 is 1.50 bits per heavy atom. The lowest BCUT2D eigenvalue weighted by molar-refractivity contribution is 0.415. The molecule has 1 aromatic heterocycles. The van der Waals surface area contributed by atoms with Gasteiger partial charge in [0.25, 0.3) is 0 Å². The summed E-state index contributed by atoms with van der Waals surface area (Å²) in [7, 11) is 1.60. The van der Waals surface area contributed by atoms with Crippen LogP contribution >= 0.6 is 0 Å². The van der Waals surface area contributed by atoms with E-state index in [9.17, 15) is 0 Å². The minimum Gasteiger partial charge on any atom is -0.497 e. The fraction of sp³-hybridized carbons (Fsp3) is 0.250. The molecule has 1 aromatic carbocycles. The SMILES string of the molecule is COc1ccc(C#N)c(NCCn2ccnn2)c1. The highest BCUT2D eigenvalue weighted by atomic mass is 16.5. The lowest BCUT2D eigenvalue weighted by Crippen LogP contribution is -2.11. The van der Waals surface area contributed by atoms with Gasteiger partial charge in [0, 0.05) is 18.8 Å². The zero-order chi connectivity index (χ0) is 12.8. The minimum absolute atomic E-state index is 0.592. The van der Waals surface area contributed by atoms with Gasteiger partial charge in [-0.05, 0) is 12.1 Å². The standard InChI is InChI=1S/C12H13N5O/c1-18-11-3-2-10(9-13)12(8-11)14-4-6-17-7-5-15-16-17/h2-3,5,7-8,14H,4,6H2,1H3. The Labute approximate surface area is 105 Å². The second-order valence-electron chi connectivity index (χ2n) is 3.62. The van der Waals surface area contributed by atoms with Crippen LogP contribution in [0.25, 0.3) is 0 Å². The van der Waals surface area contributed by atoms with Crippen LogP contribution < -0.4 is 10.1 Å². The summed E-state index contributed by atoms with van der Waals surface area (Å²) in [5.41, 5.74) is 1.35. The Balaban J connectivity index is 2.01. The summed E-state index contributed by atoms with van der Waals surface area (Å²) >= 11 is 0. The number of aromatic nitrogens is 3. The number of nitrogens with zero attached hydrogens (tertiary/aromatic N) is 4. The first-order valence-electron chi connectivity index (χ1n) is 5.49. The lowest BCUT2D eigenvalue weighted by Gasteiger charge is -2.09. The quantitative estimate of drug-likeness (QED) is 0.855. The van der Waals surface area contributed by atoms with Crippen molar-refractivity contribution in [1.82, 2.24) is 15.0 Å². The van der Waals surface area contributed by atoms with Gasteiger partial charge in [-0.15, -0.1) is 5.10 Å². The van der Waals surface area contributed by atoms with E-state index in [2.05, 4.69) is 21.7 Å². The fourth-order valence-electron chi connectivity index (χ4n) is 1.55. The van der Waals surface area contributed by atoms with E-state index >= 15 is 0 Å². The third-order valence-corrected chi connectivity index (χ3v) is 2.48. The van der Waals surface area contributed by atoms with Crippen LogP contribution in [0.4, 0.5) is 5.69 Å². The van der Waals surface area contributed by atoms with Crippen molar-refractivity contribution in [3.05, 3.63) is 36.2 Å². The van der Waals surface area contributed by atoms with E-state index in [1.807, 2.05) is 0 Å². The molecule has 92 valence electrons. The molecule has 1 heterocycles. The van der Waals surface area contributed by atoms with Gasteiger partial charge in [-0.25, -0.2) is 0 Å². The average molecular weight is 243 g/mol. The molecule has 0 radical (unpaired) electrons. The molecular formula is C12H13N5O. The number of nitriles is 1. The first-order valence-corrected chi connectivity index (χ1v) is 5.49. The summed E-state index contributed by atoms with van der Waals surface area (Å²) in [5.74, 6) is 0.720. The van der Waals surface area contributed by atoms with Crippen LogP contribution in [0.1, 0.15) is 5.56 Å². The third kappa shape index (κ3) is 2.77. The minimum atomic E-state index is 0.592. The summed E-state index contributed by atoms with van der Waals surface area (Å²) < 4.78 is 6.85. The van der Waals surface area contributed by atoms with Gasteiger partial charge in [0.15, 0.2) is 0 Å². The van der Waals surface area contributed by atoms with E-state index in [4.69, 9.17) is 10.00 Å². The van der Waals surface area contributed by atoms with Crippen molar-refractivity contribution in [1.29, 1.82) is 5.26 Å². The second-order valence-corrected chi connectivity index (χ2v) is 3.62. The Kier molecular flexibility index (Phi) is 3.76. The Morgan fingerprint density at radius 3 is 3.06 bits per heavy atom. The van der Waals surface area contributed by atoms with E-state index in [-0.39, 0.29) is 0 Å². The van der Waals surface area contributed by atoms with Gasteiger partial charge < -0.3 is 10.1 Å². The van der Waals surface area contributed by atoms with Gasteiger partial charge in [0.05, 0.1) is 31.1 Å². The number of anilines is 1. The van der Waals surface area contributed by atoms with Crippen molar-refractivity contribution in [2.45, 2.75) is 6.54 Å². The number of rotatable bonds is 5. The van der Waals surface area contributed by atoms with Gasteiger partial charge in [-0.3, -0.25) is 4.68 Å². The maximum Gasteiger partial charge on any atom is 0.121 e. The maximum atomic E-state index is 9.01. The van der Waals surface area contributed by atoms with Crippen LogP contribution in [0.5, 0.6) is 5.75 Å². The smallest absolute Gasteiger partial charge is 0.121 e. The highest BCUT2D eigenvalue weighted by Gasteiger charge is 2.03. The van der Waals surface area contributed by atoms with E-state index in [0.29, 0.717) is 18.7 Å². The molecule has 2 rings (SSSR count). The molecule has 0 bridgehead atoms. The van der Waals surface area contributed by atoms with Crippen LogP contribution in [-0.4, -0.2) is 28.6 Å². The molecule has 18 heavy (non-hydrogen) atoms. The predicted molar refractivity (Wildman–Crippen MR) is 66.2 cm³/mol. The number of benzene rings is 1. The first kappa shape index (κ1) is 11.9. The number of hydrogen-bond acceptors (Lipinski definition) is 5. The van der Waals surface area contributed by atoms with Crippen LogP contribution in [0, 0.1) is 11.3 Å². The van der Waals surface area contributed by atoms with Gasteiger partial charge in [0.1, 0.15) is 11.8 Å². The molecule has 0 atom stereocenters. The van der Waals surface area contributed by atoms with Gasteiger partial charge in [-0.1, -0.05) is 5.21 Å². The highest BCUT2D eigenvalue weighted by Crippen LogP contribution is 2.21. The largest absolute Gasteiger partial charge is 0.497 e. The molecule has 0 unspecified atom stereocenters. The molecule has 0 aliphatic rings. The normalized spacial score (nSPS) is 9.78. The number of ether oxygens (including phenoxy) is 1. The molecule has 0 amide bonds. The van der Waals surface area contributed by atoms with Crippen molar-refractivity contribution in [2.24, 2.45) is 0 Å². The Bertz CT molecular complexity index is 544. The third-order valence-electron chi connectivity index (χ3n) is 2.48. The second kappa shape index (κ2) is 5.68. The summed E-state index contributed by atoms with van der Waals surface area (Å²) in [6.07, 6.45) is 3.42. The van der Waals surface area contributed by atoms with E-state index < -0.39 is 0 Å². The zero-order valence-electron chi connectivity index (χ0n) is 10.00. The number of methoxy groups -OCH3 is 1. The number of nitrogens with one attached hydrogen (secondary N) is 1. The topological polar surface area (TPSA) is 75.8 Å². The Hall–Kier alpha value is -2.55. The van der Waals surface area contributed by atoms with Crippen molar-refractivity contribution < 1.29 is 4.74 Å². The molecule has 0 aliphatic carbocycles. The van der Waals surface area contributed by atoms with Crippen LogP contribution in [0.2, 0.25) is 0 Å². The maximum absolute atomic E-state index is 9.01. The predicted octanol–water partition coefficient (Wildman–Crippen LogP) is 1.27. The van der Waals surface area contributed by atoms with Crippen molar-refractivity contribution >= 4 is 5.69 Å². The van der Waals surface area contributed by atoms with Gasteiger partial charge in [0.2, 0.25) is 0 Å². The van der Waals surface area contributed by atoms with E-state index in [1.165, 1.54) is 0 Å². The summed E-state index contributed by atoms with van der Waals surface area (Å²) in [6.45, 7) is 1.34. The van der Waals surface area contributed by atoms with Gasteiger partial charge in [-0.2, -0.15) is 5.26 Å².